The summed E-state index contributed by atoms with van der Waals surface area (Å²) in [4.78, 5) is 10.5. The van der Waals surface area contributed by atoms with Crippen LogP contribution in [0.4, 0.5) is 0 Å². The lowest BCUT2D eigenvalue weighted by molar-refractivity contribution is 0.0690. The fraction of sp³-hybridized carbons (Fsp3) is 0.700. The molecule has 2 N–H and O–H groups in total. The number of nitrogens with zero attached hydrogens (tertiary/aromatic N) is 3. The second-order valence-corrected chi connectivity index (χ2v) is 3.63. The van der Waals surface area contributed by atoms with Crippen LogP contribution in [0.5, 0.6) is 0 Å². The van der Waals surface area contributed by atoms with Gasteiger partial charge in [0.1, 0.15) is 0 Å². The monoisotopic (exact) mass is 226 g/mol. The predicted molar refractivity (Wildman–Crippen MR) is 59.4 cm³/mol. The van der Waals surface area contributed by atoms with Crippen molar-refractivity contribution < 1.29 is 9.90 Å². The van der Waals surface area contributed by atoms with Crippen molar-refractivity contribution in [2.75, 3.05) is 13.1 Å². The van der Waals surface area contributed by atoms with Crippen LogP contribution in [0.3, 0.4) is 0 Å². The SMILES string of the molecule is CCCCCNCCn1cc(C(=O)O)nn1. The number of nitrogens with one attached hydrogen (secondary N) is 1. The number of aromatic nitrogens is 3. The molecular formula is C10H18N4O2. The van der Waals surface area contributed by atoms with Crippen LogP contribution in [0, 0.1) is 0 Å². The minimum Gasteiger partial charge on any atom is -0.476 e. The molecule has 16 heavy (non-hydrogen) atoms. The van der Waals surface area contributed by atoms with Crippen molar-refractivity contribution in [2.45, 2.75) is 32.7 Å². The van der Waals surface area contributed by atoms with Gasteiger partial charge in [-0.25, -0.2) is 4.79 Å². The Balaban J connectivity index is 2.14. The molecule has 0 spiro atoms. The van der Waals surface area contributed by atoms with Gasteiger partial charge in [0.2, 0.25) is 0 Å². The smallest absolute Gasteiger partial charge is 0.358 e. The molecule has 0 amide bonds. The summed E-state index contributed by atoms with van der Waals surface area (Å²) in [5.74, 6) is -1.04. The van der Waals surface area contributed by atoms with Crippen molar-refractivity contribution >= 4 is 5.97 Å². The molecular weight excluding hydrogens is 208 g/mol. The highest BCUT2D eigenvalue weighted by molar-refractivity contribution is 5.84. The average Bonchev–Trinajstić information content (AvgIpc) is 2.72. The summed E-state index contributed by atoms with van der Waals surface area (Å²) >= 11 is 0. The van der Waals surface area contributed by atoms with E-state index in [-0.39, 0.29) is 5.69 Å². The van der Waals surface area contributed by atoms with E-state index >= 15 is 0 Å². The van der Waals surface area contributed by atoms with Gasteiger partial charge in [-0.2, -0.15) is 0 Å². The van der Waals surface area contributed by atoms with E-state index in [1.54, 1.807) is 0 Å². The van der Waals surface area contributed by atoms with Gasteiger partial charge in [-0.15, -0.1) is 5.10 Å². The van der Waals surface area contributed by atoms with Crippen LogP contribution in [0.15, 0.2) is 6.20 Å². The number of hydrogen-bond donors (Lipinski definition) is 2. The predicted octanol–water partition coefficient (Wildman–Crippen LogP) is 0.756. The van der Waals surface area contributed by atoms with Gasteiger partial charge in [0.05, 0.1) is 12.7 Å². The maximum atomic E-state index is 10.5. The molecule has 90 valence electrons. The Morgan fingerprint density at radius 1 is 1.50 bits per heavy atom. The van der Waals surface area contributed by atoms with Crippen LogP contribution in [0.1, 0.15) is 36.7 Å². The van der Waals surface area contributed by atoms with Crippen molar-refractivity contribution in [3.63, 3.8) is 0 Å². The zero-order chi connectivity index (χ0) is 11.8. The molecule has 0 aliphatic heterocycles. The highest BCUT2D eigenvalue weighted by Crippen LogP contribution is 1.93. The van der Waals surface area contributed by atoms with E-state index in [1.165, 1.54) is 30.1 Å². The maximum Gasteiger partial charge on any atom is 0.358 e. The van der Waals surface area contributed by atoms with Gasteiger partial charge in [-0.1, -0.05) is 25.0 Å². The lowest BCUT2D eigenvalue weighted by atomic mass is 10.2. The first-order chi connectivity index (χ1) is 7.74. The zero-order valence-corrected chi connectivity index (χ0v) is 9.52. The second kappa shape index (κ2) is 6.95. The van der Waals surface area contributed by atoms with Crippen molar-refractivity contribution in [3.05, 3.63) is 11.9 Å². The number of hydrogen-bond acceptors (Lipinski definition) is 4. The topological polar surface area (TPSA) is 80.0 Å². The van der Waals surface area contributed by atoms with Crippen LogP contribution in [-0.2, 0) is 6.54 Å². The van der Waals surface area contributed by atoms with Gasteiger partial charge in [0.15, 0.2) is 5.69 Å². The third-order valence-electron chi connectivity index (χ3n) is 2.23. The summed E-state index contributed by atoms with van der Waals surface area (Å²) in [7, 11) is 0. The molecule has 0 aromatic carbocycles. The number of carbonyl (C=O) groups is 1. The summed E-state index contributed by atoms with van der Waals surface area (Å²) < 4.78 is 1.54. The first kappa shape index (κ1) is 12.6. The Kier molecular flexibility index (Phi) is 5.49. The molecule has 0 saturated carbocycles. The van der Waals surface area contributed by atoms with Crippen LogP contribution in [0.25, 0.3) is 0 Å². The van der Waals surface area contributed by atoms with Gasteiger partial charge in [0.25, 0.3) is 0 Å². The molecule has 6 nitrogen and oxygen atoms in total. The van der Waals surface area contributed by atoms with Crippen molar-refractivity contribution in [3.8, 4) is 0 Å². The number of aromatic carboxylic acids is 1. The first-order valence-electron chi connectivity index (χ1n) is 5.58. The number of carboxylic acids is 1. The first-order valence-corrected chi connectivity index (χ1v) is 5.58. The lowest BCUT2D eigenvalue weighted by Gasteiger charge is -2.03. The fourth-order valence-corrected chi connectivity index (χ4v) is 1.32. The minimum atomic E-state index is -1.04. The summed E-state index contributed by atoms with van der Waals surface area (Å²) in [6.07, 6.45) is 5.07. The summed E-state index contributed by atoms with van der Waals surface area (Å²) in [5.41, 5.74) is -0.00835. The molecule has 1 aromatic heterocycles. The van der Waals surface area contributed by atoms with Crippen LogP contribution >= 0.6 is 0 Å². The molecule has 0 unspecified atom stereocenters. The maximum absolute atomic E-state index is 10.5. The summed E-state index contributed by atoms with van der Waals surface area (Å²) in [5, 5.41) is 19.2. The molecule has 1 aromatic rings. The van der Waals surface area contributed by atoms with E-state index in [0.717, 1.165) is 13.1 Å². The third-order valence-corrected chi connectivity index (χ3v) is 2.23. The van der Waals surface area contributed by atoms with Gasteiger partial charge < -0.3 is 10.4 Å². The third kappa shape index (κ3) is 4.39. The van der Waals surface area contributed by atoms with Crippen molar-refractivity contribution in [1.29, 1.82) is 0 Å². The van der Waals surface area contributed by atoms with Gasteiger partial charge in [-0.05, 0) is 13.0 Å². The molecule has 0 aliphatic rings. The van der Waals surface area contributed by atoms with Gasteiger partial charge in [0, 0.05) is 6.54 Å². The molecule has 0 bridgehead atoms. The summed E-state index contributed by atoms with van der Waals surface area (Å²) in [6.45, 7) is 4.59. The van der Waals surface area contributed by atoms with Crippen LogP contribution in [-0.4, -0.2) is 39.2 Å². The molecule has 0 saturated heterocycles. The Bertz CT molecular complexity index is 324. The van der Waals surface area contributed by atoms with Gasteiger partial charge >= 0.3 is 5.97 Å². The van der Waals surface area contributed by atoms with Crippen LogP contribution < -0.4 is 5.32 Å². The zero-order valence-electron chi connectivity index (χ0n) is 9.52. The highest BCUT2D eigenvalue weighted by Gasteiger charge is 2.07. The summed E-state index contributed by atoms with van der Waals surface area (Å²) in [6, 6.07) is 0. The number of rotatable bonds is 8. The Morgan fingerprint density at radius 2 is 2.31 bits per heavy atom. The molecule has 0 radical (unpaired) electrons. The molecule has 1 heterocycles. The van der Waals surface area contributed by atoms with E-state index in [4.69, 9.17) is 5.11 Å². The van der Waals surface area contributed by atoms with E-state index < -0.39 is 5.97 Å². The molecule has 1 rings (SSSR count). The molecule has 0 aliphatic carbocycles. The van der Waals surface area contributed by atoms with Gasteiger partial charge in [-0.3, -0.25) is 4.68 Å². The van der Waals surface area contributed by atoms with E-state index in [1.807, 2.05) is 0 Å². The molecule has 0 fully saturated rings. The Labute approximate surface area is 94.7 Å². The number of unbranched alkanes of at least 4 members (excludes halogenated alkanes) is 2. The largest absolute Gasteiger partial charge is 0.476 e. The fourth-order valence-electron chi connectivity index (χ4n) is 1.32. The highest BCUT2D eigenvalue weighted by atomic mass is 16.4. The van der Waals surface area contributed by atoms with E-state index in [9.17, 15) is 4.79 Å². The quantitative estimate of drug-likeness (QED) is 0.639. The standard InChI is InChI=1S/C10H18N4O2/c1-2-3-4-5-11-6-7-14-8-9(10(15)16)12-13-14/h8,11H,2-7H2,1H3,(H,15,16). The van der Waals surface area contributed by atoms with Crippen molar-refractivity contribution in [2.24, 2.45) is 0 Å². The second-order valence-electron chi connectivity index (χ2n) is 3.63. The van der Waals surface area contributed by atoms with Crippen molar-refractivity contribution in [1.82, 2.24) is 20.3 Å². The molecule has 6 heteroatoms. The minimum absolute atomic E-state index is 0.00835. The Morgan fingerprint density at radius 3 is 2.94 bits per heavy atom. The Hall–Kier alpha value is -1.43. The molecule has 0 atom stereocenters. The van der Waals surface area contributed by atoms with E-state index in [0.29, 0.717) is 6.54 Å². The van der Waals surface area contributed by atoms with Crippen LogP contribution in [0.2, 0.25) is 0 Å². The van der Waals surface area contributed by atoms with E-state index in [2.05, 4.69) is 22.6 Å². The lowest BCUT2D eigenvalue weighted by Crippen LogP contribution is -2.21. The average molecular weight is 226 g/mol. The number of carboxylic acid groups (broad SMARTS) is 1. The normalized spacial score (nSPS) is 10.6.